The van der Waals surface area contributed by atoms with Gasteiger partial charge in [0.15, 0.2) is 0 Å². The Balaban J connectivity index is 2.82. The predicted octanol–water partition coefficient (Wildman–Crippen LogP) is 2.33. The molecule has 0 bridgehead atoms. The maximum atomic E-state index is 2.45. The van der Waals surface area contributed by atoms with E-state index in [9.17, 15) is 0 Å². The van der Waals surface area contributed by atoms with Crippen molar-refractivity contribution >= 4 is 0 Å². The Bertz CT molecular complexity index is 147. The molecule has 0 saturated carbocycles. The fourth-order valence-corrected chi connectivity index (χ4v) is 1.64. The number of nitrogens with zero attached hydrogens (tertiary/aromatic N) is 1. The van der Waals surface area contributed by atoms with Crippen LogP contribution in [0, 0.1) is 11.8 Å². The van der Waals surface area contributed by atoms with E-state index in [4.69, 9.17) is 0 Å². The second kappa shape index (κ2) is 2.48. The maximum absolute atomic E-state index is 2.45. The molecule has 1 heterocycles. The smallest absolute Gasteiger partial charge is 0.0203 e. The molecular formula is C10H20N. The van der Waals surface area contributed by atoms with E-state index in [1.54, 1.807) is 0 Å². The first-order valence-electron chi connectivity index (χ1n) is 4.43. The summed E-state index contributed by atoms with van der Waals surface area (Å²) in [5, 5.41) is 0. The first kappa shape index (κ1) is 9.05. The van der Waals surface area contributed by atoms with Crippen molar-refractivity contribution in [2.45, 2.75) is 39.7 Å². The van der Waals surface area contributed by atoms with Gasteiger partial charge < -0.3 is 4.90 Å². The predicted molar refractivity (Wildman–Crippen MR) is 49.4 cm³/mol. The van der Waals surface area contributed by atoms with E-state index in [1.165, 1.54) is 13.0 Å². The zero-order chi connectivity index (χ0) is 8.70. The zero-order valence-corrected chi connectivity index (χ0v) is 8.44. The number of hydrogen-bond donors (Lipinski definition) is 0. The highest BCUT2D eigenvalue weighted by Crippen LogP contribution is 2.41. The van der Waals surface area contributed by atoms with Crippen LogP contribution in [0.15, 0.2) is 0 Å². The SMILES string of the molecule is CN1CC[CH]C(C)(C)C1(C)C. The lowest BCUT2D eigenvalue weighted by molar-refractivity contribution is 0.0236. The standard InChI is InChI=1S/C10H20N/c1-9(2)7-6-8-11(5)10(9,3)4/h7H,6,8H2,1-5H3. The molecule has 1 rings (SSSR count). The summed E-state index contributed by atoms with van der Waals surface area (Å²) in [5.74, 6) is 0. The summed E-state index contributed by atoms with van der Waals surface area (Å²) in [6, 6.07) is 0. The normalized spacial score (nSPS) is 30.3. The topological polar surface area (TPSA) is 3.24 Å². The quantitative estimate of drug-likeness (QED) is 0.517. The molecule has 0 atom stereocenters. The molecule has 0 aromatic heterocycles. The van der Waals surface area contributed by atoms with Gasteiger partial charge in [0.1, 0.15) is 0 Å². The van der Waals surface area contributed by atoms with E-state index in [-0.39, 0.29) is 0 Å². The minimum absolute atomic E-state index is 0.311. The molecule has 11 heavy (non-hydrogen) atoms. The number of hydrogen-bond acceptors (Lipinski definition) is 1. The summed E-state index contributed by atoms with van der Waals surface area (Å²) in [6.07, 6.45) is 3.68. The Morgan fingerprint density at radius 1 is 1.18 bits per heavy atom. The van der Waals surface area contributed by atoms with Gasteiger partial charge in [-0.2, -0.15) is 0 Å². The molecule has 0 spiro atoms. The van der Waals surface area contributed by atoms with Crippen molar-refractivity contribution in [1.29, 1.82) is 0 Å². The third-order valence-electron chi connectivity index (χ3n) is 3.65. The fourth-order valence-electron chi connectivity index (χ4n) is 1.64. The lowest BCUT2D eigenvalue weighted by atomic mass is 9.68. The van der Waals surface area contributed by atoms with Crippen molar-refractivity contribution in [3.8, 4) is 0 Å². The molecule has 0 aromatic rings. The second-order valence-corrected chi connectivity index (χ2v) is 4.70. The minimum atomic E-state index is 0.311. The third kappa shape index (κ3) is 1.31. The van der Waals surface area contributed by atoms with E-state index in [0.29, 0.717) is 11.0 Å². The molecule has 65 valence electrons. The summed E-state index contributed by atoms with van der Waals surface area (Å²) in [4.78, 5) is 2.45. The average Bonchev–Trinajstić information content (AvgIpc) is 1.84. The molecule has 1 aliphatic heterocycles. The lowest BCUT2D eigenvalue weighted by Crippen LogP contribution is -2.56. The van der Waals surface area contributed by atoms with Crippen LogP contribution in [0.25, 0.3) is 0 Å². The zero-order valence-electron chi connectivity index (χ0n) is 8.44. The van der Waals surface area contributed by atoms with E-state index in [0.717, 1.165) is 0 Å². The van der Waals surface area contributed by atoms with Crippen molar-refractivity contribution in [1.82, 2.24) is 4.90 Å². The molecule has 1 saturated heterocycles. The van der Waals surface area contributed by atoms with Gasteiger partial charge in [0.2, 0.25) is 0 Å². The first-order valence-corrected chi connectivity index (χ1v) is 4.43. The van der Waals surface area contributed by atoms with Crippen molar-refractivity contribution in [2.24, 2.45) is 5.41 Å². The van der Waals surface area contributed by atoms with Crippen LogP contribution in [0.2, 0.25) is 0 Å². The van der Waals surface area contributed by atoms with Crippen LogP contribution in [0.4, 0.5) is 0 Å². The molecule has 1 radical (unpaired) electrons. The van der Waals surface area contributed by atoms with E-state index in [1.807, 2.05) is 0 Å². The van der Waals surface area contributed by atoms with Crippen LogP contribution < -0.4 is 0 Å². The molecule has 0 aliphatic carbocycles. The third-order valence-corrected chi connectivity index (χ3v) is 3.65. The number of rotatable bonds is 0. The second-order valence-electron chi connectivity index (χ2n) is 4.70. The van der Waals surface area contributed by atoms with Gasteiger partial charge in [-0.25, -0.2) is 0 Å². The Morgan fingerprint density at radius 3 is 2.09 bits per heavy atom. The molecule has 0 aromatic carbocycles. The van der Waals surface area contributed by atoms with E-state index >= 15 is 0 Å². The summed E-state index contributed by atoms with van der Waals surface area (Å²) < 4.78 is 0. The highest BCUT2D eigenvalue weighted by molar-refractivity contribution is 5.05. The molecule has 1 nitrogen and oxygen atoms in total. The van der Waals surface area contributed by atoms with Crippen molar-refractivity contribution in [3.63, 3.8) is 0 Å². The van der Waals surface area contributed by atoms with Gasteiger partial charge in [-0.1, -0.05) is 13.8 Å². The summed E-state index contributed by atoms with van der Waals surface area (Å²) in [7, 11) is 2.22. The minimum Gasteiger partial charge on any atom is -0.301 e. The molecule has 0 N–H and O–H groups in total. The molecule has 1 heteroatoms. The van der Waals surface area contributed by atoms with Crippen molar-refractivity contribution in [2.75, 3.05) is 13.6 Å². The fraction of sp³-hybridized carbons (Fsp3) is 0.900. The summed E-state index contributed by atoms with van der Waals surface area (Å²) in [5.41, 5.74) is 0.658. The van der Waals surface area contributed by atoms with Gasteiger partial charge in [-0.15, -0.1) is 0 Å². The Labute approximate surface area is 70.8 Å². The van der Waals surface area contributed by atoms with Crippen molar-refractivity contribution < 1.29 is 0 Å². The molecule has 1 aliphatic rings. The van der Waals surface area contributed by atoms with Crippen LogP contribution in [-0.2, 0) is 0 Å². The Hall–Kier alpha value is -0.0400. The van der Waals surface area contributed by atoms with Crippen LogP contribution in [-0.4, -0.2) is 24.0 Å². The first-order chi connectivity index (χ1) is 4.88. The molecule has 0 amide bonds. The van der Waals surface area contributed by atoms with E-state index < -0.39 is 0 Å². The van der Waals surface area contributed by atoms with Gasteiger partial charge >= 0.3 is 0 Å². The van der Waals surface area contributed by atoms with Gasteiger partial charge in [-0.05, 0) is 45.7 Å². The van der Waals surface area contributed by atoms with Crippen molar-refractivity contribution in [3.05, 3.63) is 6.42 Å². The molecule has 1 fully saturated rings. The monoisotopic (exact) mass is 154 g/mol. The summed E-state index contributed by atoms with van der Waals surface area (Å²) in [6.45, 7) is 10.5. The average molecular weight is 154 g/mol. The largest absolute Gasteiger partial charge is 0.301 e. The van der Waals surface area contributed by atoms with Gasteiger partial charge in [0.25, 0.3) is 0 Å². The Kier molecular flexibility index (Phi) is 2.04. The van der Waals surface area contributed by atoms with Crippen LogP contribution >= 0.6 is 0 Å². The van der Waals surface area contributed by atoms with Gasteiger partial charge in [0.05, 0.1) is 0 Å². The highest BCUT2D eigenvalue weighted by atomic mass is 15.2. The molecular weight excluding hydrogens is 134 g/mol. The summed E-state index contributed by atoms with van der Waals surface area (Å²) >= 11 is 0. The van der Waals surface area contributed by atoms with Gasteiger partial charge in [0, 0.05) is 5.54 Å². The van der Waals surface area contributed by atoms with Crippen LogP contribution in [0.1, 0.15) is 34.1 Å². The van der Waals surface area contributed by atoms with Crippen LogP contribution in [0.3, 0.4) is 0 Å². The number of likely N-dealkylation sites (tertiary alicyclic amines) is 1. The van der Waals surface area contributed by atoms with E-state index in [2.05, 4.69) is 46.1 Å². The number of piperidine rings is 1. The van der Waals surface area contributed by atoms with Crippen LogP contribution in [0.5, 0.6) is 0 Å². The van der Waals surface area contributed by atoms with Gasteiger partial charge in [-0.3, -0.25) is 0 Å². The molecule has 0 unspecified atom stereocenters. The highest BCUT2D eigenvalue weighted by Gasteiger charge is 2.42. The lowest BCUT2D eigenvalue weighted by Gasteiger charge is -2.51. The Morgan fingerprint density at radius 2 is 1.73 bits per heavy atom. The maximum Gasteiger partial charge on any atom is 0.0203 e.